The third-order valence-electron chi connectivity index (χ3n) is 5.11. The van der Waals surface area contributed by atoms with Crippen LogP contribution in [0.3, 0.4) is 0 Å². The van der Waals surface area contributed by atoms with Crippen LogP contribution in [0.5, 0.6) is 0 Å². The van der Waals surface area contributed by atoms with Crippen molar-refractivity contribution >= 4 is 45.5 Å². The highest BCUT2D eigenvalue weighted by atomic mass is 79.9. The van der Waals surface area contributed by atoms with Gasteiger partial charge in [-0.2, -0.15) is 5.10 Å². The Morgan fingerprint density at radius 1 is 1.12 bits per heavy atom. The number of carbonyl (C=O) groups is 1. The van der Waals surface area contributed by atoms with E-state index < -0.39 is 4.92 Å². The van der Waals surface area contributed by atoms with Crippen LogP contribution in [-0.2, 0) is 10.5 Å². The van der Waals surface area contributed by atoms with Gasteiger partial charge in [-0.15, -0.1) is 11.8 Å². The van der Waals surface area contributed by atoms with Gasteiger partial charge in [0.15, 0.2) is 0 Å². The molecule has 2 aromatic carbocycles. The van der Waals surface area contributed by atoms with Crippen molar-refractivity contribution in [1.82, 2.24) is 9.99 Å². The van der Waals surface area contributed by atoms with Crippen molar-refractivity contribution in [3.63, 3.8) is 0 Å². The number of hydrogen-bond donors (Lipinski definition) is 1. The van der Waals surface area contributed by atoms with Crippen LogP contribution in [0, 0.1) is 37.8 Å². The van der Waals surface area contributed by atoms with Gasteiger partial charge in [-0.05, 0) is 72.4 Å². The lowest BCUT2D eigenvalue weighted by Crippen LogP contribution is -2.19. The second kappa shape index (κ2) is 10.8. The summed E-state index contributed by atoms with van der Waals surface area (Å²) in [6, 6.07) is 12.8. The number of nitro groups is 1. The number of amides is 1. The van der Waals surface area contributed by atoms with E-state index in [1.165, 1.54) is 35.0 Å². The molecule has 1 aromatic heterocycles. The van der Waals surface area contributed by atoms with E-state index >= 15 is 0 Å². The van der Waals surface area contributed by atoms with Gasteiger partial charge in [-0.1, -0.05) is 18.2 Å². The molecular weight excluding hydrogens is 504 g/mol. The van der Waals surface area contributed by atoms with E-state index in [2.05, 4.69) is 63.1 Å². The summed E-state index contributed by atoms with van der Waals surface area (Å²) < 4.78 is 3.11. The van der Waals surface area contributed by atoms with E-state index in [4.69, 9.17) is 0 Å². The SMILES string of the molecule is Cc1cc(C)cc(-n2c(C)c(Br)c(/C=N\NC(=O)CSCc3ccc([N+](=O)[O-])cc3)c2C)c1. The second-order valence-electron chi connectivity index (χ2n) is 7.79. The number of rotatable bonds is 8. The van der Waals surface area contributed by atoms with Gasteiger partial charge in [0, 0.05) is 45.0 Å². The van der Waals surface area contributed by atoms with Crippen LogP contribution in [-0.4, -0.2) is 27.4 Å². The molecule has 1 amide bonds. The first-order valence-corrected chi connectivity index (χ1v) is 12.2. The molecule has 0 bridgehead atoms. The van der Waals surface area contributed by atoms with Gasteiger partial charge in [-0.3, -0.25) is 14.9 Å². The molecule has 172 valence electrons. The van der Waals surface area contributed by atoms with Crippen molar-refractivity contribution < 1.29 is 9.72 Å². The largest absolute Gasteiger partial charge is 0.317 e. The summed E-state index contributed by atoms with van der Waals surface area (Å²) in [6.45, 7) is 8.23. The van der Waals surface area contributed by atoms with Crippen molar-refractivity contribution in [3.05, 3.63) is 90.7 Å². The maximum atomic E-state index is 12.2. The van der Waals surface area contributed by atoms with Crippen LogP contribution in [0.4, 0.5) is 5.69 Å². The third-order valence-corrected chi connectivity index (χ3v) is 7.12. The molecule has 0 aliphatic rings. The summed E-state index contributed by atoms with van der Waals surface area (Å²) in [6.07, 6.45) is 1.66. The van der Waals surface area contributed by atoms with Crippen molar-refractivity contribution in [2.24, 2.45) is 5.10 Å². The van der Waals surface area contributed by atoms with Crippen LogP contribution in [0.1, 0.15) is 33.6 Å². The first kappa shape index (κ1) is 24.7. The molecule has 0 radical (unpaired) electrons. The number of hydrogen-bond acceptors (Lipinski definition) is 5. The number of thioether (sulfide) groups is 1. The Morgan fingerprint density at radius 3 is 2.36 bits per heavy atom. The van der Waals surface area contributed by atoms with Crippen LogP contribution < -0.4 is 5.43 Å². The Balaban J connectivity index is 1.60. The number of aromatic nitrogens is 1. The number of nitrogens with one attached hydrogen (secondary N) is 1. The lowest BCUT2D eigenvalue weighted by Gasteiger charge is -2.11. The molecule has 3 rings (SSSR count). The summed E-state index contributed by atoms with van der Waals surface area (Å²) in [5.41, 5.74) is 10.0. The quantitative estimate of drug-likeness (QED) is 0.228. The van der Waals surface area contributed by atoms with Gasteiger partial charge in [0.25, 0.3) is 5.69 Å². The van der Waals surface area contributed by atoms with Crippen LogP contribution in [0.15, 0.2) is 52.0 Å². The van der Waals surface area contributed by atoms with E-state index in [9.17, 15) is 14.9 Å². The lowest BCUT2D eigenvalue weighted by molar-refractivity contribution is -0.384. The fourth-order valence-corrected chi connectivity index (χ4v) is 4.96. The number of benzene rings is 2. The number of hydrazone groups is 1. The predicted octanol–water partition coefficient (Wildman–Crippen LogP) is 5.77. The number of halogens is 1. The maximum absolute atomic E-state index is 12.2. The molecule has 0 fully saturated rings. The number of nitrogens with zero attached hydrogens (tertiary/aromatic N) is 3. The summed E-state index contributed by atoms with van der Waals surface area (Å²) in [5.74, 6) is 0.604. The topological polar surface area (TPSA) is 89.5 Å². The fraction of sp³-hybridized carbons (Fsp3) is 0.250. The van der Waals surface area contributed by atoms with Gasteiger partial charge in [0.2, 0.25) is 5.91 Å². The molecule has 9 heteroatoms. The van der Waals surface area contributed by atoms with E-state index in [0.29, 0.717) is 5.75 Å². The molecule has 0 saturated heterocycles. The zero-order valence-corrected chi connectivity index (χ0v) is 21.3. The first-order chi connectivity index (χ1) is 15.7. The first-order valence-electron chi connectivity index (χ1n) is 10.3. The predicted molar refractivity (Wildman–Crippen MR) is 137 cm³/mol. The van der Waals surface area contributed by atoms with Crippen molar-refractivity contribution in [2.75, 3.05) is 5.75 Å². The molecular formula is C24H25BrN4O3S. The van der Waals surface area contributed by atoms with Crippen LogP contribution in [0.2, 0.25) is 0 Å². The van der Waals surface area contributed by atoms with E-state index in [1.54, 1.807) is 18.3 Å². The lowest BCUT2D eigenvalue weighted by atomic mass is 10.1. The van der Waals surface area contributed by atoms with Gasteiger partial charge in [0.05, 0.1) is 16.9 Å². The van der Waals surface area contributed by atoms with Crippen LogP contribution in [0.25, 0.3) is 5.69 Å². The highest BCUT2D eigenvalue weighted by molar-refractivity contribution is 9.10. The van der Waals surface area contributed by atoms with Gasteiger partial charge >= 0.3 is 0 Å². The molecule has 1 N–H and O–H groups in total. The summed E-state index contributed by atoms with van der Waals surface area (Å²) in [4.78, 5) is 22.4. The maximum Gasteiger partial charge on any atom is 0.269 e. The molecule has 0 unspecified atom stereocenters. The van der Waals surface area contributed by atoms with Gasteiger partial charge < -0.3 is 4.57 Å². The highest BCUT2D eigenvalue weighted by Crippen LogP contribution is 2.30. The molecule has 0 aliphatic heterocycles. The zero-order chi connectivity index (χ0) is 24.1. The number of non-ortho nitro benzene ring substituents is 1. The van der Waals surface area contributed by atoms with E-state index in [-0.39, 0.29) is 17.3 Å². The minimum atomic E-state index is -0.430. The van der Waals surface area contributed by atoms with Gasteiger partial charge in [0.1, 0.15) is 0 Å². The van der Waals surface area contributed by atoms with E-state index in [0.717, 1.165) is 32.7 Å². The number of nitro benzene ring substituents is 1. The third kappa shape index (κ3) is 6.11. The normalized spacial score (nSPS) is 11.2. The molecule has 0 aliphatic carbocycles. The minimum Gasteiger partial charge on any atom is -0.317 e. The average molecular weight is 529 g/mol. The Kier molecular flexibility index (Phi) is 8.10. The number of aryl methyl sites for hydroxylation is 2. The summed E-state index contributed by atoms with van der Waals surface area (Å²) >= 11 is 5.08. The second-order valence-corrected chi connectivity index (χ2v) is 9.57. The standard InChI is InChI=1S/C24H25BrN4O3S/c1-15-9-16(2)11-21(10-15)28-17(3)22(24(25)18(28)4)12-26-27-23(30)14-33-13-19-5-7-20(8-6-19)29(31)32/h5-12H,13-14H2,1-4H3,(H,27,30)/b26-12-. The highest BCUT2D eigenvalue weighted by Gasteiger charge is 2.16. The Bertz CT molecular complexity index is 1200. The molecule has 1 heterocycles. The Morgan fingerprint density at radius 2 is 1.76 bits per heavy atom. The molecule has 33 heavy (non-hydrogen) atoms. The average Bonchev–Trinajstić information content (AvgIpc) is 2.96. The van der Waals surface area contributed by atoms with Crippen molar-refractivity contribution in [1.29, 1.82) is 0 Å². The molecule has 0 atom stereocenters. The molecule has 0 saturated carbocycles. The smallest absolute Gasteiger partial charge is 0.269 e. The minimum absolute atomic E-state index is 0.0545. The van der Waals surface area contributed by atoms with Crippen LogP contribution >= 0.6 is 27.7 Å². The van der Waals surface area contributed by atoms with E-state index in [1.807, 2.05) is 13.8 Å². The molecule has 0 spiro atoms. The van der Waals surface area contributed by atoms with Crippen molar-refractivity contribution in [3.8, 4) is 5.69 Å². The molecule has 7 nitrogen and oxygen atoms in total. The Hall–Kier alpha value is -2.91. The fourth-order valence-electron chi connectivity index (χ4n) is 3.62. The van der Waals surface area contributed by atoms with Crippen molar-refractivity contribution in [2.45, 2.75) is 33.4 Å². The Labute approximate surface area is 205 Å². The number of carbonyl (C=O) groups excluding carboxylic acids is 1. The zero-order valence-electron chi connectivity index (χ0n) is 18.9. The monoisotopic (exact) mass is 528 g/mol. The summed E-state index contributed by atoms with van der Waals surface area (Å²) in [7, 11) is 0. The van der Waals surface area contributed by atoms with Gasteiger partial charge in [-0.25, -0.2) is 5.43 Å². The summed E-state index contributed by atoms with van der Waals surface area (Å²) in [5, 5.41) is 14.9. The molecule has 3 aromatic rings.